The Morgan fingerprint density at radius 3 is 2.58 bits per heavy atom. The first-order valence-corrected chi connectivity index (χ1v) is 7.76. The van der Waals surface area contributed by atoms with E-state index in [4.69, 9.17) is 4.74 Å². The first kappa shape index (κ1) is 18.0. The lowest BCUT2D eigenvalue weighted by Crippen LogP contribution is -2.33. The van der Waals surface area contributed by atoms with E-state index in [1.807, 2.05) is 0 Å². The van der Waals surface area contributed by atoms with Crippen molar-refractivity contribution >= 4 is 29.8 Å². The second-order valence-electron chi connectivity index (χ2n) is 7.55. The fraction of sp³-hybridized carbons (Fsp3) is 0.625. The largest absolute Gasteiger partial charge is 0.444 e. The van der Waals surface area contributed by atoms with Crippen molar-refractivity contribution in [3.8, 4) is 0 Å². The monoisotopic (exact) mass is 336 g/mol. The number of rotatable bonds is 3. The van der Waals surface area contributed by atoms with Crippen LogP contribution in [-0.4, -0.2) is 40.2 Å². The molecule has 1 aromatic heterocycles. The molecule has 2 rings (SSSR count). The number of amides is 2. The van der Waals surface area contributed by atoms with Gasteiger partial charge in [-0.3, -0.25) is 19.7 Å². The van der Waals surface area contributed by atoms with Crippen molar-refractivity contribution in [1.82, 2.24) is 9.78 Å². The Balaban J connectivity index is 2.28. The predicted molar refractivity (Wildman–Crippen MR) is 88.8 cm³/mol. The highest BCUT2D eigenvalue weighted by Gasteiger charge is 2.48. The molecule has 1 aromatic rings. The van der Waals surface area contributed by atoms with Crippen LogP contribution in [0.5, 0.6) is 0 Å². The van der Waals surface area contributed by atoms with Crippen LogP contribution >= 0.6 is 0 Å². The topological polar surface area (TPSA) is 93.5 Å². The van der Waals surface area contributed by atoms with Crippen molar-refractivity contribution in [2.24, 2.45) is 18.4 Å². The lowest BCUT2D eigenvalue weighted by atomic mass is 9.82. The minimum atomic E-state index is -0.803. The fourth-order valence-corrected chi connectivity index (χ4v) is 2.59. The number of aromatic nitrogens is 2. The number of anilines is 2. The SMILES string of the molecule is Cn1cc(NC(=O)OC(C)(C)C)c(N2CC(C=O)C(C)(C)C2=O)n1. The Morgan fingerprint density at radius 2 is 2.08 bits per heavy atom. The molecule has 0 bridgehead atoms. The van der Waals surface area contributed by atoms with Crippen LogP contribution < -0.4 is 10.2 Å². The van der Waals surface area contributed by atoms with E-state index >= 15 is 0 Å². The molecule has 0 spiro atoms. The maximum atomic E-state index is 12.6. The maximum Gasteiger partial charge on any atom is 0.412 e. The Bertz CT molecular complexity index is 672. The summed E-state index contributed by atoms with van der Waals surface area (Å²) in [6.45, 7) is 8.99. The van der Waals surface area contributed by atoms with Gasteiger partial charge in [0.1, 0.15) is 17.6 Å². The zero-order valence-electron chi connectivity index (χ0n) is 14.9. The van der Waals surface area contributed by atoms with Gasteiger partial charge in [-0.1, -0.05) is 13.8 Å². The third kappa shape index (κ3) is 3.42. The predicted octanol–water partition coefficient (Wildman–Crippen LogP) is 1.95. The second kappa shape index (κ2) is 5.92. The van der Waals surface area contributed by atoms with E-state index in [9.17, 15) is 14.4 Å². The molecule has 1 N–H and O–H groups in total. The van der Waals surface area contributed by atoms with Gasteiger partial charge in [0.2, 0.25) is 5.91 Å². The molecule has 0 radical (unpaired) electrons. The first-order valence-electron chi connectivity index (χ1n) is 7.76. The molecule has 1 atom stereocenters. The lowest BCUT2D eigenvalue weighted by molar-refractivity contribution is -0.127. The smallest absolute Gasteiger partial charge is 0.412 e. The van der Waals surface area contributed by atoms with E-state index < -0.39 is 23.0 Å². The van der Waals surface area contributed by atoms with E-state index in [-0.39, 0.29) is 12.5 Å². The van der Waals surface area contributed by atoms with Gasteiger partial charge in [0.05, 0.1) is 11.6 Å². The van der Waals surface area contributed by atoms with Gasteiger partial charge >= 0.3 is 6.09 Å². The number of hydrogen-bond donors (Lipinski definition) is 1. The third-order valence-corrected chi connectivity index (χ3v) is 3.97. The number of nitrogens with zero attached hydrogens (tertiary/aromatic N) is 3. The van der Waals surface area contributed by atoms with Crippen LogP contribution in [0.15, 0.2) is 6.20 Å². The summed E-state index contributed by atoms with van der Waals surface area (Å²) in [6, 6.07) is 0. The molecular weight excluding hydrogens is 312 g/mol. The zero-order chi connectivity index (χ0) is 18.3. The standard InChI is InChI=1S/C16H24N4O4/c1-15(2,3)24-14(23)17-11-8-19(6)18-12(11)20-7-10(9-21)16(4,5)13(20)22/h8-10H,7H2,1-6H3,(H,17,23). The molecule has 1 saturated heterocycles. The highest BCUT2D eigenvalue weighted by molar-refractivity contribution is 6.04. The van der Waals surface area contributed by atoms with E-state index in [0.717, 1.165) is 6.29 Å². The van der Waals surface area contributed by atoms with Gasteiger partial charge in [-0.05, 0) is 20.8 Å². The van der Waals surface area contributed by atoms with Crippen molar-refractivity contribution in [2.75, 3.05) is 16.8 Å². The van der Waals surface area contributed by atoms with E-state index in [2.05, 4.69) is 10.4 Å². The molecule has 0 saturated carbocycles. The van der Waals surface area contributed by atoms with Gasteiger partial charge < -0.3 is 9.53 Å². The fourth-order valence-electron chi connectivity index (χ4n) is 2.59. The van der Waals surface area contributed by atoms with Crippen molar-refractivity contribution in [1.29, 1.82) is 0 Å². The molecule has 24 heavy (non-hydrogen) atoms. The van der Waals surface area contributed by atoms with Crippen LogP contribution in [0.3, 0.4) is 0 Å². The number of carbonyl (C=O) groups excluding carboxylic acids is 3. The van der Waals surface area contributed by atoms with Crippen molar-refractivity contribution in [2.45, 2.75) is 40.2 Å². The average molecular weight is 336 g/mol. The second-order valence-corrected chi connectivity index (χ2v) is 7.55. The summed E-state index contributed by atoms with van der Waals surface area (Å²) in [5.41, 5.74) is -1.08. The van der Waals surface area contributed by atoms with Gasteiger partial charge in [0, 0.05) is 19.5 Å². The minimum absolute atomic E-state index is 0.203. The number of ether oxygens (including phenoxy) is 1. The highest BCUT2D eigenvalue weighted by Crippen LogP contribution is 2.39. The molecule has 8 heteroatoms. The highest BCUT2D eigenvalue weighted by atomic mass is 16.6. The quantitative estimate of drug-likeness (QED) is 0.852. The Hall–Kier alpha value is -2.38. The molecule has 1 aliphatic heterocycles. The first-order chi connectivity index (χ1) is 11.0. The Labute approximate surface area is 141 Å². The van der Waals surface area contributed by atoms with Gasteiger partial charge in [-0.2, -0.15) is 5.10 Å². The summed E-state index contributed by atoms with van der Waals surface area (Å²) in [5, 5.41) is 6.88. The Morgan fingerprint density at radius 1 is 1.46 bits per heavy atom. The number of aryl methyl sites for hydroxylation is 1. The molecule has 1 unspecified atom stereocenters. The van der Waals surface area contributed by atoms with E-state index in [1.165, 1.54) is 9.58 Å². The number of aldehydes is 1. The molecule has 8 nitrogen and oxygen atoms in total. The summed E-state index contributed by atoms with van der Waals surface area (Å²) in [6.07, 6.45) is 1.75. The molecule has 0 aliphatic carbocycles. The van der Waals surface area contributed by atoms with Gasteiger partial charge in [0.15, 0.2) is 5.82 Å². The molecular formula is C16H24N4O4. The van der Waals surface area contributed by atoms with Crippen LogP contribution in [0.4, 0.5) is 16.3 Å². The summed E-state index contributed by atoms with van der Waals surface area (Å²) in [5.74, 6) is -0.322. The number of nitrogens with one attached hydrogen (secondary N) is 1. The van der Waals surface area contributed by atoms with Gasteiger partial charge in [-0.15, -0.1) is 0 Å². The number of carbonyl (C=O) groups is 3. The molecule has 2 amide bonds. The van der Waals surface area contributed by atoms with E-state index in [0.29, 0.717) is 11.5 Å². The van der Waals surface area contributed by atoms with Crippen LogP contribution in [-0.2, 0) is 21.4 Å². The summed E-state index contributed by atoms with van der Waals surface area (Å²) < 4.78 is 6.73. The zero-order valence-corrected chi connectivity index (χ0v) is 14.9. The number of hydrogen-bond acceptors (Lipinski definition) is 5. The van der Waals surface area contributed by atoms with Crippen LogP contribution in [0, 0.1) is 11.3 Å². The Kier molecular flexibility index (Phi) is 4.43. The lowest BCUT2D eigenvalue weighted by Gasteiger charge is -2.21. The molecule has 1 fully saturated rings. The van der Waals surface area contributed by atoms with Crippen LogP contribution in [0.1, 0.15) is 34.6 Å². The van der Waals surface area contributed by atoms with Crippen LogP contribution in [0.25, 0.3) is 0 Å². The van der Waals surface area contributed by atoms with Crippen molar-refractivity contribution in [3.05, 3.63) is 6.20 Å². The summed E-state index contributed by atoms with van der Waals surface area (Å²) in [4.78, 5) is 37.4. The van der Waals surface area contributed by atoms with Crippen molar-refractivity contribution < 1.29 is 19.1 Å². The van der Waals surface area contributed by atoms with Crippen molar-refractivity contribution in [3.63, 3.8) is 0 Å². The normalized spacial score (nSPS) is 20.2. The summed E-state index contributed by atoms with van der Waals surface area (Å²) >= 11 is 0. The summed E-state index contributed by atoms with van der Waals surface area (Å²) in [7, 11) is 1.69. The molecule has 132 valence electrons. The maximum absolute atomic E-state index is 12.6. The third-order valence-electron chi connectivity index (χ3n) is 3.97. The van der Waals surface area contributed by atoms with Gasteiger partial charge in [-0.25, -0.2) is 4.79 Å². The van der Waals surface area contributed by atoms with E-state index in [1.54, 1.807) is 47.9 Å². The van der Waals surface area contributed by atoms with Crippen LogP contribution in [0.2, 0.25) is 0 Å². The molecule has 2 heterocycles. The average Bonchev–Trinajstić information content (AvgIpc) is 2.86. The molecule has 0 aromatic carbocycles. The molecule has 1 aliphatic rings. The minimum Gasteiger partial charge on any atom is -0.444 e. The van der Waals surface area contributed by atoms with Gasteiger partial charge in [0.25, 0.3) is 0 Å².